The average molecular weight is 1810 g/mol. The van der Waals surface area contributed by atoms with Crippen molar-refractivity contribution in [1.29, 1.82) is 0 Å². The number of furan rings is 3. The molecule has 0 atom stereocenters. The second-order valence-corrected chi connectivity index (χ2v) is 38.9. The number of fused-ring (bicyclic) bond motifs is 18. The average Bonchev–Trinajstić information content (AvgIpc) is 1.59. The molecule has 3 aliphatic rings. The van der Waals surface area contributed by atoms with Crippen LogP contribution in [-0.2, 0) is 16.2 Å². The van der Waals surface area contributed by atoms with Crippen molar-refractivity contribution in [2.45, 2.75) is 57.8 Å². The van der Waals surface area contributed by atoms with Crippen LogP contribution < -0.4 is 14.7 Å². The highest BCUT2D eigenvalue weighted by Crippen LogP contribution is 2.57. The van der Waals surface area contributed by atoms with Gasteiger partial charge in [0.05, 0.1) is 5.69 Å². The van der Waals surface area contributed by atoms with E-state index in [9.17, 15) is 0 Å². The Bertz CT molecular complexity index is 8910. The molecule has 0 unspecified atom stereocenters. The van der Waals surface area contributed by atoms with Crippen LogP contribution in [0.3, 0.4) is 0 Å². The Kier molecular flexibility index (Phi) is 20.9. The van der Waals surface area contributed by atoms with Crippen LogP contribution in [0.5, 0.6) is 0 Å². The molecule has 0 fully saturated rings. The number of para-hydroxylation sites is 7. The molecule has 27 rings (SSSR count). The second-order valence-electron chi connectivity index (χ2n) is 38.9. The van der Waals surface area contributed by atoms with E-state index in [1.54, 1.807) is 0 Å². The third kappa shape index (κ3) is 14.8. The smallest absolute Gasteiger partial charge is 0.143 e. The molecule has 0 spiro atoms. The van der Waals surface area contributed by atoms with Crippen molar-refractivity contribution < 1.29 is 13.3 Å². The lowest BCUT2D eigenvalue weighted by atomic mass is 9.82. The minimum atomic E-state index is -0.107. The largest absolute Gasteiger partial charge is 0.455 e. The van der Waals surface area contributed by atoms with E-state index in [1.807, 2.05) is 30.3 Å². The summed E-state index contributed by atoms with van der Waals surface area (Å²) in [6, 6.07) is 177. The summed E-state index contributed by atoms with van der Waals surface area (Å²) < 4.78 is 19.3. The number of hydrogen-bond acceptors (Lipinski definition) is 6. The van der Waals surface area contributed by atoms with Gasteiger partial charge in [0.2, 0.25) is 0 Å². The third-order valence-electron chi connectivity index (χ3n) is 29.7. The van der Waals surface area contributed by atoms with Gasteiger partial charge in [0.15, 0.2) is 0 Å². The third-order valence-corrected chi connectivity index (χ3v) is 29.7. The molecule has 0 N–H and O–H groups in total. The highest BCUT2D eigenvalue weighted by molar-refractivity contribution is 6.13. The molecule has 6 heteroatoms. The van der Waals surface area contributed by atoms with E-state index in [0.717, 1.165) is 150 Å². The fraction of sp³-hybridized carbons (Fsp3) is 0.0667. The summed E-state index contributed by atoms with van der Waals surface area (Å²) in [4.78, 5) is 7.15. The lowest BCUT2D eigenvalue weighted by Gasteiger charge is -2.30. The fourth-order valence-corrected chi connectivity index (χ4v) is 22.5. The highest BCUT2D eigenvalue weighted by atomic mass is 16.3. The summed E-state index contributed by atoms with van der Waals surface area (Å²) in [5, 5.41) is 6.84. The maximum Gasteiger partial charge on any atom is 0.143 e. The van der Waals surface area contributed by atoms with Gasteiger partial charge in [-0.3, -0.25) is 0 Å². The molecule has 6 nitrogen and oxygen atoms in total. The molecule has 0 bridgehead atoms. The Balaban J connectivity index is 0.000000111. The lowest BCUT2D eigenvalue weighted by Crippen LogP contribution is -2.16. The van der Waals surface area contributed by atoms with Crippen LogP contribution in [-0.4, -0.2) is 0 Å². The van der Waals surface area contributed by atoms with Gasteiger partial charge >= 0.3 is 0 Å². The van der Waals surface area contributed by atoms with Gasteiger partial charge in [-0.15, -0.1) is 0 Å². The molecule has 3 heterocycles. The molecule has 0 aliphatic heterocycles. The van der Waals surface area contributed by atoms with Gasteiger partial charge in [0.1, 0.15) is 33.5 Å². The summed E-state index contributed by atoms with van der Waals surface area (Å²) in [7, 11) is 0. The van der Waals surface area contributed by atoms with Crippen molar-refractivity contribution >= 4 is 117 Å². The molecule has 0 saturated carbocycles. The van der Waals surface area contributed by atoms with Gasteiger partial charge in [-0.1, -0.05) is 412 Å². The zero-order valence-corrected chi connectivity index (χ0v) is 79.3. The van der Waals surface area contributed by atoms with E-state index in [-0.39, 0.29) is 16.2 Å². The van der Waals surface area contributed by atoms with Crippen molar-refractivity contribution in [2.24, 2.45) is 0 Å². The number of benzene rings is 21. The Labute approximate surface area is 821 Å². The summed E-state index contributed by atoms with van der Waals surface area (Å²) in [5.41, 5.74) is 45.3. The Morgan fingerprint density at radius 1 is 0.149 bits per heavy atom. The van der Waals surface area contributed by atoms with Crippen molar-refractivity contribution in [1.82, 2.24) is 0 Å². The minimum absolute atomic E-state index is 0.0358. The monoisotopic (exact) mass is 1810 g/mol. The number of hydrogen-bond donors (Lipinski definition) is 0. The van der Waals surface area contributed by atoms with E-state index < -0.39 is 0 Å². The van der Waals surface area contributed by atoms with Gasteiger partial charge in [0.25, 0.3) is 0 Å². The zero-order valence-electron chi connectivity index (χ0n) is 79.3. The van der Waals surface area contributed by atoms with Gasteiger partial charge in [-0.25, -0.2) is 0 Å². The maximum absolute atomic E-state index is 6.55. The molecule has 3 aliphatic carbocycles. The van der Waals surface area contributed by atoms with E-state index in [1.165, 1.54) is 100 Å². The topological polar surface area (TPSA) is 49.1 Å². The molecule has 0 radical (unpaired) electrons. The molecule has 24 aromatic rings. The fourth-order valence-electron chi connectivity index (χ4n) is 22.5. The predicted octanol–water partition coefficient (Wildman–Crippen LogP) is 38.1. The SMILES string of the molecule is CC1(C)c2ccccc2-c2cc(N(c3ccc(-c4ccccc4)cc3)c3ccc(-c4cccc5c4oc4ccccc45)cc3)ccc21.CC1(C)c2ccccc2-c2ccc(N(c3ccc(-c4ccccc4)cc3)c3ccc(-c4cccc5c4oc4ccccc45)cc3)cc21.CC1(C)c2ccccc2-c2ccc(N(c3ccc(-c4ccccc4)cc3)c3ccccc3-c3cccc4c3oc3ccccc34)cc21. The van der Waals surface area contributed by atoms with Crippen LogP contribution in [0.4, 0.5) is 51.2 Å². The molecule has 0 amide bonds. The summed E-state index contributed by atoms with van der Waals surface area (Å²) >= 11 is 0. The Hall–Kier alpha value is -17.6. The van der Waals surface area contributed by atoms with Gasteiger partial charge in [-0.05, 0) is 233 Å². The first kappa shape index (κ1) is 85.1. The second kappa shape index (κ2) is 34.6. The van der Waals surface area contributed by atoms with Crippen LogP contribution >= 0.6 is 0 Å². The quantitative estimate of drug-likeness (QED) is 0.102. The number of rotatable bonds is 15. The van der Waals surface area contributed by atoms with Crippen LogP contribution in [0.25, 0.3) is 166 Å². The lowest BCUT2D eigenvalue weighted by molar-refractivity contribution is 0.660. The first-order valence-corrected chi connectivity index (χ1v) is 48.8. The Morgan fingerprint density at radius 3 is 0.794 bits per heavy atom. The van der Waals surface area contributed by atoms with Gasteiger partial charge < -0.3 is 28.0 Å². The highest BCUT2D eigenvalue weighted by Gasteiger charge is 2.40. The van der Waals surface area contributed by atoms with Gasteiger partial charge in [0, 0.05) is 116 Å². The normalized spacial score (nSPS) is 13.1. The van der Waals surface area contributed by atoms with E-state index >= 15 is 0 Å². The Morgan fingerprint density at radius 2 is 0.397 bits per heavy atom. The molecular formula is C135H99N3O3. The minimum Gasteiger partial charge on any atom is -0.455 e. The van der Waals surface area contributed by atoms with Gasteiger partial charge in [-0.2, -0.15) is 0 Å². The van der Waals surface area contributed by atoms with Crippen LogP contribution in [0.15, 0.2) is 505 Å². The first-order valence-electron chi connectivity index (χ1n) is 48.8. The summed E-state index contributed by atoms with van der Waals surface area (Å²) in [6.07, 6.45) is 0. The van der Waals surface area contributed by atoms with E-state index in [2.05, 4.69) is 517 Å². The van der Waals surface area contributed by atoms with E-state index in [4.69, 9.17) is 13.3 Å². The van der Waals surface area contributed by atoms with E-state index in [0.29, 0.717) is 0 Å². The zero-order chi connectivity index (χ0) is 94.6. The molecule has 0 saturated heterocycles. The van der Waals surface area contributed by atoms with Crippen LogP contribution in [0.1, 0.15) is 74.9 Å². The van der Waals surface area contributed by atoms with Crippen molar-refractivity contribution in [3.8, 4) is 100 Å². The standard InChI is InChI=1S/3C45H33NO/c1-45(2)40-20-9-6-15-34(40)35-28-27-33(29-41(35)45)46(32-25-23-31(24-26-32)30-13-4-3-5-14-30)42-21-10-7-16-36(42)38-18-12-19-39-37-17-8-11-22-43(37)47-44(38)39;1-45(2)41-17-8-6-13-37(41)38-28-27-35(29-42(38)45)46(33-23-19-31(20-24-33)30-11-4-3-5-12-30)34-25-21-32(22-26-34)36-15-10-16-40-39-14-7-9-18-43(39)47-44(36)40;1-45(2)41-17-8-6-13-37(41)40-29-35(27-28-42(40)45)46(33-23-19-31(20-24-33)30-11-4-3-5-12-30)34-25-21-32(22-26-34)36-15-10-16-39-38-14-7-9-18-43(38)47-44(36)39/h3*3-29H,1-2H3. The summed E-state index contributed by atoms with van der Waals surface area (Å²) in [6.45, 7) is 14.0. The van der Waals surface area contributed by atoms with Crippen LogP contribution in [0, 0.1) is 0 Å². The first-order chi connectivity index (χ1) is 69.2. The van der Waals surface area contributed by atoms with Crippen molar-refractivity contribution in [2.75, 3.05) is 14.7 Å². The maximum atomic E-state index is 6.55. The molecular weight excluding hydrogens is 1710 g/mol. The molecule has 21 aromatic carbocycles. The molecule has 3 aromatic heterocycles. The van der Waals surface area contributed by atoms with Crippen molar-refractivity contribution in [3.63, 3.8) is 0 Å². The number of nitrogens with zero attached hydrogens (tertiary/aromatic N) is 3. The predicted molar refractivity (Wildman–Crippen MR) is 591 cm³/mol. The molecule has 141 heavy (non-hydrogen) atoms. The number of anilines is 9. The van der Waals surface area contributed by atoms with Crippen LogP contribution in [0.2, 0.25) is 0 Å². The summed E-state index contributed by atoms with van der Waals surface area (Å²) in [5.74, 6) is 0. The van der Waals surface area contributed by atoms with Crippen molar-refractivity contribution in [3.05, 3.63) is 525 Å². The molecule has 672 valence electrons.